The van der Waals surface area contributed by atoms with Gasteiger partial charge in [-0.15, -0.1) is 0 Å². The summed E-state index contributed by atoms with van der Waals surface area (Å²) >= 11 is 0. The largest absolute Gasteiger partial charge is 0.469 e. The second kappa shape index (κ2) is 6.65. The third-order valence-corrected chi connectivity index (χ3v) is 3.50. The highest BCUT2D eigenvalue weighted by atomic mass is 16.5. The van der Waals surface area contributed by atoms with E-state index in [2.05, 4.69) is 15.4 Å². The minimum atomic E-state index is -0.0720. The van der Waals surface area contributed by atoms with Crippen molar-refractivity contribution in [1.29, 1.82) is 0 Å². The lowest BCUT2D eigenvalue weighted by Gasteiger charge is -2.17. The molecule has 21 heavy (non-hydrogen) atoms. The molecule has 3 N–H and O–H groups in total. The summed E-state index contributed by atoms with van der Waals surface area (Å²) in [6.07, 6.45) is -0.0720. The van der Waals surface area contributed by atoms with Gasteiger partial charge < -0.3 is 4.74 Å². The van der Waals surface area contributed by atoms with E-state index < -0.39 is 0 Å². The Labute approximate surface area is 125 Å². The highest BCUT2D eigenvalue weighted by Gasteiger charge is 2.12. The van der Waals surface area contributed by atoms with E-state index in [1.807, 2.05) is 52.0 Å². The van der Waals surface area contributed by atoms with E-state index in [9.17, 15) is 0 Å². The number of ether oxygens (including phenoxy) is 1. The molecular weight excluding hydrogens is 264 g/mol. The first-order valence-electron chi connectivity index (χ1n) is 7.02. The Balaban J connectivity index is 2.16. The molecule has 112 valence electrons. The molecule has 1 aromatic carbocycles. The number of hydrazine groups is 1. The van der Waals surface area contributed by atoms with Crippen LogP contribution in [0, 0.1) is 20.8 Å². The van der Waals surface area contributed by atoms with Crippen LogP contribution in [0.1, 0.15) is 41.2 Å². The average Bonchev–Trinajstić information content (AvgIpc) is 2.45. The SMILES string of the molecule is Cc1nc(C)c(C)c(O[C@@H](C)c2ccc(CNN)cc2)n1. The van der Waals surface area contributed by atoms with Crippen LogP contribution in [0.3, 0.4) is 0 Å². The topological polar surface area (TPSA) is 73.1 Å². The zero-order chi connectivity index (χ0) is 15.4. The van der Waals surface area contributed by atoms with Gasteiger partial charge in [0.1, 0.15) is 11.9 Å². The summed E-state index contributed by atoms with van der Waals surface area (Å²) in [6.45, 7) is 8.49. The van der Waals surface area contributed by atoms with Gasteiger partial charge in [0.05, 0.1) is 0 Å². The van der Waals surface area contributed by atoms with Crippen LogP contribution >= 0.6 is 0 Å². The third kappa shape index (κ3) is 3.77. The number of rotatable bonds is 5. The minimum absolute atomic E-state index is 0.0720. The number of nitrogens with one attached hydrogen (secondary N) is 1. The van der Waals surface area contributed by atoms with Crippen molar-refractivity contribution in [2.75, 3.05) is 0 Å². The maximum absolute atomic E-state index is 6.00. The zero-order valence-corrected chi connectivity index (χ0v) is 13.0. The van der Waals surface area contributed by atoms with Crippen molar-refractivity contribution in [2.45, 2.75) is 40.3 Å². The van der Waals surface area contributed by atoms with Crippen LogP contribution in [0.2, 0.25) is 0 Å². The standard InChI is InChI=1S/C16H22N4O/c1-10-11(2)19-13(4)20-16(10)21-12(3)15-7-5-14(6-8-15)9-18-17/h5-8,12,18H,9,17H2,1-4H3/t12-/m0/s1. The van der Waals surface area contributed by atoms with Crippen molar-refractivity contribution in [3.8, 4) is 5.88 Å². The third-order valence-electron chi connectivity index (χ3n) is 3.50. The first-order valence-corrected chi connectivity index (χ1v) is 7.02. The minimum Gasteiger partial charge on any atom is -0.469 e. The molecule has 1 heterocycles. The fraction of sp³-hybridized carbons (Fsp3) is 0.375. The molecule has 0 saturated carbocycles. The van der Waals surface area contributed by atoms with Crippen LogP contribution < -0.4 is 16.0 Å². The van der Waals surface area contributed by atoms with Crippen LogP contribution in [0.15, 0.2) is 24.3 Å². The Hall–Kier alpha value is -1.98. The smallest absolute Gasteiger partial charge is 0.220 e. The maximum atomic E-state index is 6.00. The molecule has 0 spiro atoms. The number of nitrogens with two attached hydrogens (primary N) is 1. The van der Waals surface area contributed by atoms with Gasteiger partial charge in [0.25, 0.3) is 0 Å². The summed E-state index contributed by atoms with van der Waals surface area (Å²) < 4.78 is 6.00. The molecule has 5 nitrogen and oxygen atoms in total. The predicted octanol–water partition coefficient (Wildman–Crippen LogP) is 2.51. The Morgan fingerprint density at radius 2 is 1.81 bits per heavy atom. The summed E-state index contributed by atoms with van der Waals surface area (Å²) in [5.74, 6) is 6.70. The first kappa shape index (κ1) is 15.4. The number of hydrogen-bond donors (Lipinski definition) is 2. The molecule has 0 radical (unpaired) electrons. The average molecular weight is 286 g/mol. The van der Waals surface area contributed by atoms with E-state index in [1.54, 1.807) is 0 Å². The van der Waals surface area contributed by atoms with Gasteiger partial charge in [-0.2, -0.15) is 4.98 Å². The van der Waals surface area contributed by atoms with Crippen molar-refractivity contribution in [3.05, 3.63) is 52.5 Å². The number of aryl methyl sites for hydroxylation is 2. The van der Waals surface area contributed by atoms with Crippen molar-refractivity contribution >= 4 is 0 Å². The normalized spacial score (nSPS) is 12.2. The predicted molar refractivity (Wildman–Crippen MR) is 82.8 cm³/mol. The summed E-state index contributed by atoms with van der Waals surface area (Å²) in [4.78, 5) is 8.72. The molecule has 1 aromatic heterocycles. The molecule has 0 aliphatic carbocycles. The van der Waals surface area contributed by atoms with Gasteiger partial charge in [-0.1, -0.05) is 24.3 Å². The van der Waals surface area contributed by atoms with Crippen LogP contribution in [0.4, 0.5) is 0 Å². The molecule has 0 fully saturated rings. The van der Waals surface area contributed by atoms with Gasteiger partial charge in [0.2, 0.25) is 5.88 Å². The monoisotopic (exact) mass is 286 g/mol. The quantitative estimate of drug-likeness (QED) is 0.652. The van der Waals surface area contributed by atoms with Crippen molar-refractivity contribution in [2.24, 2.45) is 5.84 Å². The van der Waals surface area contributed by atoms with Crippen molar-refractivity contribution in [3.63, 3.8) is 0 Å². The van der Waals surface area contributed by atoms with Crippen LogP contribution in [0.5, 0.6) is 5.88 Å². The van der Waals surface area contributed by atoms with Crippen molar-refractivity contribution < 1.29 is 4.74 Å². The Bertz CT molecular complexity index is 610. The molecule has 5 heteroatoms. The summed E-state index contributed by atoms with van der Waals surface area (Å²) in [5, 5.41) is 0. The number of nitrogens with zero attached hydrogens (tertiary/aromatic N) is 2. The van der Waals surface area contributed by atoms with Gasteiger partial charge in [0.15, 0.2) is 0 Å². The molecular formula is C16H22N4O. The highest BCUT2D eigenvalue weighted by Crippen LogP contribution is 2.24. The lowest BCUT2D eigenvalue weighted by Crippen LogP contribution is -2.20. The highest BCUT2D eigenvalue weighted by molar-refractivity contribution is 5.30. The lowest BCUT2D eigenvalue weighted by atomic mass is 10.1. The molecule has 1 atom stereocenters. The number of benzene rings is 1. The van der Waals surface area contributed by atoms with Gasteiger partial charge in [-0.25, -0.2) is 4.98 Å². The maximum Gasteiger partial charge on any atom is 0.220 e. The fourth-order valence-corrected chi connectivity index (χ4v) is 2.11. The second-order valence-corrected chi connectivity index (χ2v) is 5.17. The molecule has 0 aliphatic heterocycles. The van der Waals surface area contributed by atoms with Gasteiger partial charge in [-0.3, -0.25) is 11.3 Å². The van der Waals surface area contributed by atoms with E-state index in [0.29, 0.717) is 12.4 Å². The molecule has 2 aromatic rings. The Morgan fingerprint density at radius 3 is 2.43 bits per heavy atom. The number of hydrogen-bond acceptors (Lipinski definition) is 5. The van der Waals surface area contributed by atoms with E-state index in [4.69, 9.17) is 10.6 Å². The molecule has 0 aliphatic rings. The van der Waals surface area contributed by atoms with Gasteiger partial charge >= 0.3 is 0 Å². The van der Waals surface area contributed by atoms with E-state index in [1.165, 1.54) is 0 Å². The van der Waals surface area contributed by atoms with Crippen molar-refractivity contribution in [1.82, 2.24) is 15.4 Å². The van der Waals surface area contributed by atoms with E-state index in [0.717, 1.165) is 28.2 Å². The van der Waals surface area contributed by atoms with Crippen LogP contribution in [-0.4, -0.2) is 9.97 Å². The lowest BCUT2D eigenvalue weighted by molar-refractivity contribution is 0.214. The molecule has 0 unspecified atom stereocenters. The number of aromatic nitrogens is 2. The Morgan fingerprint density at radius 1 is 1.14 bits per heavy atom. The first-order chi connectivity index (χ1) is 10.0. The van der Waals surface area contributed by atoms with Gasteiger partial charge in [0, 0.05) is 17.8 Å². The molecule has 0 amide bonds. The summed E-state index contributed by atoms with van der Waals surface area (Å²) in [5.41, 5.74) is 6.82. The van der Waals surface area contributed by atoms with Gasteiger partial charge in [-0.05, 0) is 38.8 Å². The molecule has 2 rings (SSSR count). The molecule has 0 saturated heterocycles. The van der Waals surface area contributed by atoms with E-state index >= 15 is 0 Å². The second-order valence-electron chi connectivity index (χ2n) is 5.17. The summed E-state index contributed by atoms with van der Waals surface area (Å²) in [7, 11) is 0. The molecule has 0 bridgehead atoms. The van der Waals surface area contributed by atoms with E-state index in [-0.39, 0.29) is 6.10 Å². The van der Waals surface area contributed by atoms with Crippen LogP contribution in [0.25, 0.3) is 0 Å². The zero-order valence-electron chi connectivity index (χ0n) is 13.0. The fourth-order valence-electron chi connectivity index (χ4n) is 2.11. The summed E-state index contributed by atoms with van der Waals surface area (Å²) in [6, 6.07) is 8.18. The Kier molecular flexibility index (Phi) is 4.88. The van der Waals surface area contributed by atoms with Crippen LogP contribution in [-0.2, 0) is 6.54 Å².